The Kier molecular flexibility index (Phi) is 6370. The maximum Gasteiger partial charge on any atom is 3.00 e. The second-order valence-corrected chi connectivity index (χ2v) is 0. The average molecular weight is 162 g/mol. The van der Waals surface area contributed by atoms with Crippen LogP contribution in [0.2, 0.25) is 0 Å². The molecule has 0 amide bonds. The molecule has 0 saturated carbocycles. The van der Waals surface area contributed by atoms with Gasteiger partial charge < -0.3 is 27.4 Å². The summed E-state index contributed by atoms with van der Waals surface area (Å²) in [7, 11) is 0. The number of hydrogen-bond acceptors (Lipinski definition) is 0. The van der Waals surface area contributed by atoms with Gasteiger partial charge >= 0.3 is 57.8 Å². The van der Waals surface area contributed by atoms with Crippen molar-refractivity contribution >= 4 is 57.8 Å². The van der Waals surface area contributed by atoms with E-state index < -0.39 is 0 Å². The van der Waals surface area contributed by atoms with E-state index >= 15 is 0 Å². The first-order valence-electron chi connectivity index (χ1n) is 0. The minimum atomic E-state index is 0. The Balaban J connectivity index is 0. The Labute approximate surface area is 84.8 Å². The summed E-state index contributed by atoms with van der Waals surface area (Å²) in [4.78, 5) is 0. The monoisotopic (exact) mass is 162 g/mol. The van der Waals surface area contributed by atoms with Gasteiger partial charge in [-0.3, -0.25) is 0 Å². The molecule has 0 aromatic rings. The van der Waals surface area contributed by atoms with Gasteiger partial charge in [0.15, 0.2) is 0 Å². The van der Waals surface area contributed by atoms with Crippen molar-refractivity contribution in [3.8, 4) is 0 Å². The summed E-state index contributed by atoms with van der Waals surface area (Å²) in [5.74, 6) is 0. The fourth-order valence-electron chi connectivity index (χ4n) is 0. The quantitative estimate of drug-likeness (QED) is 0.331. The molecule has 0 bridgehead atoms. The van der Waals surface area contributed by atoms with E-state index in [1.807, 2.05) is 0 Å². The van der Waals surface area contributed by atoms with Crippen LogP contribution in [0.5, 0.6) is 0 Å². The van der Waals surface area contributed by atoms with Crippen LogP contribution in [0.15, 0.2) is 0 Å². The molecule has 8 heavy (non-hydrogen) atoms. The molecule has 40 valence electrons. The van der Waals surface area contributed by atoms with Crippen LogP contribution in [-0.4, -0.2) is 68.7 Å². The first-order valence-corrected chi connectivity index (χ1v) is 0. The average Bonchev–Trinajstić information content (AvgIpc) is 0. The van der Waals surface area contributed by atoms with Crippen LogP contribution in [0.4, 0.5) is 0 Å². The largest absolute Gasteiger partial charge is 3.00 e. The van der Waals surface area contributed by atoms with Crippen molar-refractivity contribution in [1.82, 2.24) is 0 Å². The molecular formula is H4Al2MgO5+2. The molecule has 0 rings (SSSR count). The van der Waals surface area contributed by atoms with Crippen LogP contribution >= 0.6 is 0 Å². The third-order valence-corrected chi connectivity index (χ3v) is 0. The van der Waals surface area contributed by atoms with Gasteiger partial charge in [-0.15, -0.1) is 0 Å². The molecule has 0 saturated heterocycles. The molecule has 0 unspecified atom stereocenters. The fraction of sp³-hybridized carbons (Fsp3) is 0. The second kappa shape index (κ2) is 189. The predicted molar refractivity (Wildman–Crippen MR) is 26.5 cm³/mol. The number of hydrogen-bond donors (Lipinski definition) is 0. The predicted octanol–water partition coefficient (Wildman–Crippen LogP) is -3.15. The van der Waals surface area contributed by atoms with Gasteiger partial charge in [-0.05, 0) is 0 Å². The summed E-state index contributed by atoms with van der Waals surface area (Å²) in [6, 6.07) is 0. The topological polar surface area (TPSA) is 148 Å². The second-order valence-electron chi connectivity index (χ2n) is 0. The molecule has 0 spiro atoms. The molecule has 4 N–H and O–H groups in total. The molecule has 0 aliphatic carbocycles. The zero-order valence-electron chi connectivity index (χ0n) is 4.09. The molecule has 0 radical (unpaired) electrons. The minimum absolute atomic E-state index is 0. The molecule has 0 aliphatic rings. The first kappa shape index (κ1) is 270. The Morgan fingerprint density at radius 1 is 0.500 bits per heavy atom. The molecular weight excluding hydrogens is 158 g/mol. The van der Waals surface area contributed by atoms with Gasteiger partial charge in [-0.2, -0.15) is 0 Å². The van der Waals surface area contributed by atoms with Gasteiger partial charge in [-0.25, -0.2) is 0 Å². The molecule has 0 aromatic carbocycles. The Hall–Kier alpha value is 1.63. The summed E-state index contributed by atoms with van der Waals surface area (Å²) in [5.41, 5.74) is 0. The van der Waals surface area contributed by atoms with Crippen molar-refractivity contribution < 1.29 is 27.4 Å². The standard InChI is InChI=1S/2Al.Mg.2H2O.3O/h;;;2*1H2;;;/q2*+3;+2;;;3*-2. The van der Waals surface area contributed by atoms with Gasteiger partial charge in [0.05, 0.1) is 0 Å². The van der Waals surface area contributed by atoms with Crippen molar-refractivity contribution in [2.45, 2.75) is 0 Å². The summed E-state index contributed by atoms with van der Waals surface area (Å²) < 4.78 is 0. The van der Waals surface area contributed by atoms with Gasteiger partial charge in [0, 0.05) is 0 Å². The van der Waals surface area contributed by atoms with Crippen molar-refractivity contribution in [2.75, 3.05) is 0 Å². The maximum atomic E-state index is 0. The maximum absolute atomic E-state index is 0. The normalized spacial score (nSPS) is 0. The minimum Gasteiger partial charge on any atom is -2.00 e. The summed E-state index contributed by atoms with van der Waals surface area (Å²) >= 11 is 0. The van der Waals surface area contributed by atoms with Crippen LogP contribution in [0, 0.1) is 0 Å². The van der Waals surface area contributed by atoms with Crippen molar-refractivity contribution in [1.29, 1.82) is 0 Å². The molecule has 0 aliphatic heterocycles. The van der Waals surface area contributed by atoms with E-state index in [0.717, 1.165) is 0 Å². The molecule has 0 atom stereocenters. The molecule has 0 heterocycles. The third-order valence-electron chi connectivity index (χ3n) is 0. The van der Waals surface area contributed by atoms with E-state index in [0.29, 0.717) is 0 Å². The van der Waals surface area contributed by atoms with Crippen LogP contribution in [0.1, 0.15) is 0 Å². The van der Waals surface area contributed by atoms with E-state index in [1.165, 1.54) is 0 Å². The van der Waals surface area contributed by atoms with Gasteiger partial charge in [0.2, 0.25) is 0 Å². The SMILES string of the molecule is O.O.[Al+3].[Al+3].[Mg+2].[O-2].[O-2].[O-2]. The first-order chi connectivity index (χ1) is 0. The Morgan fingerprint density at radius 3 is 0.500 bits per heavy atom. The van der Waals surface area contributed by atoms with Crippen LogP contribution in [0.3, 0.4) is 0 Å². The van der Waals surface area contributed by atoms with E-state index in [4.69, 9.17) is 0 Å². The van der Waals surface area contributed by atoms with Crippen molar-refractivity contribution in [3.63, 3.8) is 0 Å². The summed E-state index contributed by atoms with van der Waals surface area (Å²) in [5, 5.41) is 0. The smallest absolute Gasteiger partial charge is 2.00 e. The zero-order chi connectivity index (χ0) is 0. The Morgan fingerprint density at radius 2 is 0.500 bits per heavy atom. The van der Waals surface area contributed by atoms with Crippen molar-refractivity contribution in [2.24, 2.45) is 0 Å². The third kappa shape index (κ3) is 126. The summed E-state index contributed by atoms with van der Waals surface area (Å²) in [6.45, 7) is 0. The summed E-state index contributed by atoms with van der Waals surface area (Å²) in [6.07, 6.45) is 0. The molecule has 0 fully saturated rings. The van der Waals surface area contributed by atoms with E-state index in [2.05, 4.69) is 0 Å². The van der Waals surface area contributed by atoms with Crippen molar-refractivity contribution in [3.05, 3.63) is 0 Å². The van der Waals surface area contributed by atoms with Crippen LogP contribution in [-0.2, 0) is 16.4 Å². The van der Waals surface area contributed by atoms with Gasteiger partial charge in [-0.1, -0.05) is 0 Å². The van der Waals surface area contributed by atoms with Crippen LogP contribution in [0.25, 0.3) is 0 Å². The van der Waals surface area contributed by atoms with E-state index in [9.17, 15) is 0 Å². The fourth-order valence-corrected chi connectivity index (χ4v) is 0. The Bertz CT molecular complexity index is 10.4. The molecule has 5 nitrogen and oxygen atoms in total. The number of rotatable bonds is 0. The molecule has 8 heteroatoms. The zero-order valence-corrected chi connectivity index (χ0v) is 7.81. The molecule has 0 aromatic heterocycles. The van der Waals surface area contributed by atoms with E-state index in [1.54, 1.807) is 0 Å². The van der Waals surface area contributed by atoms with E-state index in [-0.39, 0.29) is 85.2 Å². The van der Waals surface area contributed by atoms with Crippen LogP contribution < -0.4 is 0 Å². The van der Waals surface area contributed by atoms with Gasteiger partial charge in [0.25, 0.3) is 0 Å². The van der Waals surface area contributed by atoms with Gasteiger partial charge in [0.1, 0.15) is 0 Å².